The monoisotopic (exact) mass is 278 g/mol. The van der Waals surface area contributed by atoms with Gasteiger partial charge in [-0.1, -0.05) is 18.2 Å². The van der Waals surface area contributed by atoms with Crippen molar-refractivity contribution in [2.45, 2.75) is 0 Å². The van der Waals surface area contributed by atoms with Crippen LogP contribution >= 0.6 is 0 Å². The average molecular weight is 278 g/mol. The minimum Gasteiger partial charge on any atom is -0.380 e. The Morgan fingerprint density at radius 2 is 2.14 bits per heavy atom. The number of nitrogens with zero attached hydrogens (tertiary/aromatic N) is 2. The van der Waals surface area contributed by atoms with E-state index in [-0.39, 0.29) is 11.6 Å². The van der Waals surface area contributed by atoms with Crippen LogP contribution in [0.25, 0.3) is 0 Å². The Balaban J connectivity index is 2.10. The number of carbonyl (C=O) groups is 1. The molecule has 2 aromatic rings. The van der Waals surface area contributed by atoms with Gasteiger partial charge in [-0.3, -0.25) is 4.79 Å². The van der Waals surface area contributed by atoms with Crippen LogP contribution in [0.3, 0.4) is 0 Å². The largest absolute Gasteiger partial charge is 0.380 e. The summed E-state index contributed by atoms with van der Waals surface area (Å²) in [6, 6.07) is 12.2. The first-order chi connectivity index (χ1) is 10.2. The Hall–Kier alpha value is -3.13. The maximum Gasteiger partial charge on any atom is 0.274 e. The van der Waals surface area contributed by atoms with Gasteiger partial charge < -0.3 is 10.6 Å². The van der Waals surface area contributed by atoms with Crippen molar-refractivity contribution in [3.8, 4) is 6.07 Å². The summed E-state index contributed by atoms with van der Waals surface area (Å²) in [7, 11) is 0. The van der Waals surface area contributed by atoms with Gasteiger partial charge in [0.25, 0.3) is 5.91 Å². The average Bonchev–Trinajstić information content (AvgIpc) is 2.54. The number of nitriles is 1. The van der Waals surface area contributed by atoms with Gasteiger partial charge in [0.05, 0.1) is 23.1 Å². The molecule has 0 unspecified atom stereocenters. The molecule has 0 aliphatic carbocycles. The molecule has 0 aliphatic rings. The summed E-state index contributed by atoms with van der Waals surface area (Å²) in [5.74, 6) is -0.354. The Morgan fingerprint density at radius 3 is 2.81 bits per heavy atom. The van der Waals surface area contributed by atoms with E-state index in [2.05, 4.69) is 22.2 Å². The summed E-state index contributed by atoms with van der Waals surface area (Å²) < 4.78 is 0. The fraction of sp³-hybridized carbons (Fsp3) is 0.0625. The normalized spacial score (nSPS) is 9.48. The number of benzene rings is 1. The number of hydrogen-bond acceptors (Lipinski definition) is 4. The van der Waals surface area contributed by atoms with Gasteiger partial charge >= 0.3 is 0 Å². The van der Waals surface area contributed by atoms with Gasteiger partial charge in [-0.15, -0.1) is 6.58 Å². The van der Waals surface area contributed by atoms with Crippen molar-refractivity contribution in [3.05, 3.63) is 66.5 Å². The first-order valence-corrected chi connectivity index (χ1v) is 6.36. The molecule has 1 heterocycles. The third-order valence-electron chi connectivity index (χ3n) is 2.74. The molecule has 5 nitrogen and oxygen atoms in total. The van der Waals surface area contributed by atoms with Gasteiger partial charge in [0, 0.05) is 6.54 Å². The van der Waals surface area contributed by atoms with Crippen LogP contribution in [-0.4, -0.2) is 17.4 Å². The Kier molecular flexibility index (Phi) is 4.67. The van der Waals surface area contributed by atoms with E-state index in [4.69, 9.17) is 5.26 Å². The summed E-state index contributed by atoms with van der Waals surface area (Å²) in [5, 5.41) is 14.7. The number of pyridine rings is 1. The fourth-order valence-electron chi connectivity index (χ4n) is 1.70. The third kappa shape index (κ3) is 3.67. The van der Waals surface area contributed by atoms with Crippen LogP contribution in [0.15, 0.2) is 55.3 Å². The molecule has 1 aromatic heterocycles. The molecule has 0 fully saturated rings. The van der Waals surface area contributed by atoms with E-state index < -0.39 is 0 Å². The molecule has 1 aromatic carbocycles. The number of hydrogen-bond donors (Lipinski definition) is 2. The molecule has 0 spiro atoms. The zero-order chi connectivity index (χ0) is 15.1. The lowest BCUT2D eigenvalue weighted by atomic mass is 10.2. The van der Waals surface area contributed by atoms with Crippen molar-refractivity contribution < 1.29 is 4.79 Å². The molecule has 0 radical (unpaired) electrons. The topological polar surface area (TPSA) is 77.8 Å². The second kappa shape index (κ2) is 6.87. The molecule has 5 heteroatoms. The van der Waals surface area contributed by atoms with E-state index in [1.165, 1.54) is 0 Å². The molecule has 1 amide bonds. The van der Waals surface area contributed by atoms with E-state index in [0.29, 0.717) is 17.8 Å². The van der Waals surface area contributed by atoms with Crippen LogP contribution in [0, 0.1) is 11.3 Å². The van der Waals surface area contributed by atoms with E-state index >= 15 is 0 Å². The zero-order valence-corrected chi connectivity index (χ0v) is 11.3. The number of carbonyl (C=O) groups excluding carboxylic acids is 1. The van der Waals surface area contributed by atoms with Crippen molar-refractivity contribution in [2.75, 3.05) is 17.2 Å². The van der Waals surface area contributed by atoms with Crippen molar-refractivity contribution in [3.63, 3.8) is 0 Å². The lowest BCUT2D eigenvalue weighted by molar-refractivity contribution is 0.102. The first-order valence-electron chi connectivity index (χ1n) is 6.36. The maximum absolute atomic E-state index is 12.1. The number of anilines is 2. The number of rotatable bonds is 5. The van der Waals surface area contributed by atoms with E-state index in [9.17, 15) is 4.79 Å². The highest BCUT2D eigenvalue weighted by Crippen LogP contribution is 2.15. The SMILES string of the molecule is C=CCNc1ccc(C(=O)Nc2ccccc2C#N)nc1. The van der Waals surface area contributed by atoms with E-state index in [1.54, 1.807) is 48.7 Å². The Morgan fingerprint density at radius 1 is 1.33 bits per heavy atom. The van der Waals surface area contributed by atoms with Gasteiger partial charge in [-0.2, -0.15) is 5.26 Å². The Labute approximate surface area is 122 Å². The molecule has 0 atom stereocenters. The number of para-hydroxylation sites is 1. The molecule has 0 saturated heterocycles. The highest BCUT2D eigenvalue weighted by Gasteiger charge is 2.09. The molecular weight excluding hydrogens is 264 g/mol. The van der Waals surface area contributed by atoms with Crippen LogP contribution in [0.5, 0.6) is 0 Å². The van der Waals surface area contributed by atoms with Gasteiger partial charge in [-0.25, -0.2) is 4.98 Å². The first kappa shape index (κ1) is 14.3. The smallest absolute Gasteiger partial charge is 0.274 e. The lowest BCUT2D eigenvalue weighted by Gasteiger charge is -2.07. The maximum atomic E-state index is 12.1. The molecule has 0 bridgehead atoms. The molecule has 2 N–H and O–H groups in total. The van der Waals surface area contributed by atoms with Crippen LogP contribution in [0.2, 0.25) is 0 Å². The zero-order valence-electron chi connectivity index (χ0n) is 11.3. The summed E-state index contributed by atoms with van der Waals surface area (Å²) in [6.07, 6.45) is 3.31. The van der Waals surface area contributed by atoms with Crippen LogP contribution in [0.4, 0.5) is 11.4 Å². The third-order valence-corrected chi connectivity index (χ3v) is 2.74. The second-order valence-electron chi connectivity index (χ2n) is 4.21. The van der Waals surface area contributed by atoms with E-state index in [1.807, 2.05) is 6.07 Å². The van der Waals surface area contributed by atoms with Crippen LogP contribution in [0.1, 0.15) is 16.1 Å². The highest BCUT2D eigenvalue weighted by atomic mass is 16.1. The van der Waals surface area contributed by atoms with Gasteiger partial charge in [0.1, 0.15) is 11.8 Å². The molecule has 21 heavy (non-hydrogen) atoms. The van der Waals surface area contributed by atoms with Crippen molar-refractivity contribution in [2.24, 2.45) is 0 Å². The number of amides is 1. The fourth-order valence-corrected chi connectivity index (χ4v) is 1.70. The summed E-state index contributed by atoms with van der Waals surface area (Å²) in [5.41, 5.74) is 1.98. The van der Waals surface area contributed by atoms with Crippen molar-refractivity contribution >= 4 is 17.3 Å². The summed E-state index contributed by atoms with van der Waals surface area (Å²) in [6.45, 7) is 4.24. The second-order valence-corrected chi connectivity index (χ2v) is 4.21. The molecular formula is C16H14N4O. The Bertz CT molecular complexity index is 686. The molecule has 0 aliphatic heterocycles. The minimum atomic E-state index is -0.354. The summed E-state index contributed by atoms with van der Waals surface area (Å²) in [4.78, 5) is 16.2. The lowest BCUT2D eigenvalue weighted by Crippen LogP contribution is -2.14. The number of aromatic nitrogens is 1. The summed E-state index contributed by atoms with van der Waals surface area (Å²) >= 11 is 0. The van der Waals surface area contributed by atoms with Gasteiger partial charge in [-0.05, 0) is 24.3 Å². The molecule has 2 rings (SSSR count). The molecule has 0 saturated carbocycles. The van der Waals surface area contributed by atoms with Gasteiger partial charge in [0.2, 0.25) is 0 Å². The van der Waals surface area contributed by atoms with E-state index in [0.717, 1.165) is 5.69 Å². The standard InChI is InChI=1S/C16H14N4O/c1-2-9-18-13-7-8-15(19-11-13)16(21)20-14-6-4-3-5-12(14)10-17/h2-8,11,18H,1,9H2,(H,20,21). The minimum absolute atomic E-state index is 0.284. The van der Waals surface area contributed by atoms with Crippen molar-refractivity contribution in [1.82, 2.24) is 4.98 Å². The van der Waals surface area contributed by atoms with Crippen LogP contribution in [-0.2, 0) is 0 Å². The quantitative estimate of drug-likeness (QED) is 0.824. The predicted molar refractivity (Wildman–Crippen MR) is 82.0 cm³/mol. The molecule has 104 valence electrons. The predicted octanol–water partition coefficient (Wildman–Crippen LogP) is 2.80. The number of nitrogens with one attached hydrogen (secondary N) is 2. The van der Waals surface area contributed by atoms with Crippen LogP contribution < -0.4 is 10.6 Å². The highest BCUT2D eigenvalue weighted by molar-refractivity contribution is 6.03. The van der Waals surface area contributed by atoms with Crippen molar-refractivity contribution in [1.29, 1.82) is 5.26 Å². The van der Waals surface area contributed by atoms with Gasteiger partial charge in [0.15, 0.2) is 0 Å².